The van der Waals surface area contributed by atoms with E-state index in [9.17, 15) is 9.59 Å². The van der Waals surface area contributed by atoms with E-state index >= 15 is 0 Å². The normalized spacial score (nSPS) is 14.8. The third-order valence-corrected chi connectivity index (χ3v) is 5.54. The number of halogens is 2. The van der Waals surface area contributed by atoms with Crippen molar-refractivity contribution in [1.82, 2.24) is 15.1 Å². The standard InChI is InChI=1S/C20H31ClN4O3.ClH/c1-24(2)20(27)23-8-11-25-9-6-14(7-10-25)4-5-18(26)15-12-16(21)17(22)13-19(15)28-3;/h12-14H,4-11,22H2,1-3H3,(H,23,27);1H. The summed E-state index contributed by atoms with van der Waals surface area (Å²) in [5, 5.41) is 3.26. The van der Waals surface area contributed by atoms with E-state index in [2.05, 4.69) is 10.2 Å². The first-order valence-corrected chi connectivity index (χ1v) is 10.0. The molecule has 9 heteroatoms. The van der Waals surface area contributed by atoms with Crippen LogP contribution in [0, 0.1) is 5.92 Å². The summed E-state index contributed by atoms with van der Waals surface area (Å²) in [5.74, 6) is 1.04. The van der Waals surface area contributed by atoms with Crippen molar-refractivity contribution in [3.63, 3.8) is 0 Å². The minimum Gasteiger partial charge on any atom is -0.496 e. The van der Waals surface area contributed by atoms with Crippen LogP contribution in [0.15, 0.2) is 12.1 Å². The molecule has 0 unspecified atom stereocenters. The molecule has 0 aromatic heterocycles. The summed E-state index contributed by atoms with van der Waals surface area (Å²) in [4.78, 5) is 28.0. The van der Waals surface area contributed by atoms with Crippen molar-refractivity contribution in [2.75, 3.05) is 53.1 Å². The molecule has 2 rings (SSSR count). The lowest BCUT2D eigenvalue weighted by molar-refractivity contribution is 0.0960. The molecule has 0 bridgehead atoms. The summed E-state index contributed by atoms with van der Waals surface area (Å²) >= 11 is 6.06. The maximum Gasteiger partial charge on any atom is 0.316 e. The van der Waals surface area contributed by atoms with Crippen LogP contribution < -0.4 is 15.8 Å². The quantitative estimate of drug-likeness (QED) is 0.472. The summed E-state index contributed by atoms with van der Waals surface area (Å²) in [5.41, 5.74) is 6.68. The van der Waals surface area contributed by atoms with Crippen molar-refractivity contribution in [2.45, 2.75) is 25.7 Å². The first kappa shape index (κ1) is 25.3. The van der Waals surface area contributed by atoms with Gasteiger partial charge in [0.2, 0.25) is 0 Å². The highest BCUT2D eigenvalue weighted by Crippen LogP contribution is 2.31. The monoisotopic (exact) mass is 446 g/mol. The molecule has 164 valence electrons. The van der Waals surface area contributed by atoms with Crippen molar-refractivity contribution >= 4 is 41.5 Å². The summed E-state index contributed by atoms with van der Waals surface area (Å²) < 4.78 is 5.28. The summed E-state index contributed by atoms with van der Waals surface area (Å²) in [6.45, 7) is 3.49. The van der Waals surface area contributed by atoms with Gasteiger partial charge in [0.15, 0.2) is 5.78 Å². The lowest BCUT2D eigenvalue weighted by Crippen LogP contribution is -2.42. The van der Waals surface area contributed by atoms with Gasteiger partial charge in [0.05, 0.1) is 23.4 Å². The van der Waals surface area contributed by atoms with Gasteiger partial charge in [0.25, 0.3) is 0 Å². The number of piperidine rings is 1. The SMILES string of the molecule is COc1cc(N)c(Cl)cc1C(=O)CCC1CCN(CCNC(=O)N(C)C)CC1.Cl. The Kier molecular flexibility index (Phi) is 10.6. The number of amides is 2. The first-order chi connectivity index (χ1) is 13.3. The molecule has 1 aromatic carbocycles. The Morgan fingerprint density at radius 3 is 2.55 bits per heavy atom. The van der Waals surface area contributed by atoms with Gasteiger partial charge in [0, 0.05) is 39.7 Å². The van der Waals surface area contributed by atoms with Crippen molar-refractivity contribution in [1.29, 1.82) is 0 Å². The predicted molar refractivity (Wildman–Crippen MR) is 119 cm³/mol. The molecule has 2 amide bonds. The molecule has 1 fully saturated rings. The molecule has 1 aliphatic rings. The molecule has 0 radical (unpaired) electrons. The molecule has 7 nitrogen and oxygen atoms in total. The molecule has 0 spiro atoms. The number of carbonyl (C=O) groups is 2. The van der Waals surface area contributed by atoms with E-state index in [-0.39, 0.29) is 24.2 Å². The number of rotatable bonds is 8. The molecule has 1 aliphatic heterocycles. The fourth-order valence-corrected chi connectivity index (χ4v) is 3.57. The Labute approximate surface area is 184 Å². The average Bonchev–Trinajstić information content (AvgIpc) is 2.68. The van der Waals surface area contributed by atoms with Gasteiger partial charge in [0.1, 0.15) is 5.75 Å². The minimum atomic E-state index is -0.0633. The van der Waals surface area contributed by atoms with Crippen molar-refractivity contribution in [2.24, 2.45) is 5.92 Å². The maximum atomic E-state index is 12.6. The second-order valence-corrected chi connectivity index (χ2v) is 7.85. The number of hydrogen-bond acceptors (Lipinski definition) is 5. The highest BCUT2D eigenvalue weighted by molar-refractivity contribution is 6.33. The van der Waals surface area contributed by atoms with E-state index in [0.29, 0.717) is 40.9 Å². The van der Waals surface area contributed by atoms with E-state index in [1.165, 1.54) is 12.0 Å². The molecular formula is C20H32Cl2N4O3. The van der Waals surface area contributed by atoms with Crippen LogP contribution in [0.1, 0.15) is 36.0 Å². The topological polar surface area (TPSA) is 87.9 Å². The van der Waals surface area contributed by atoms with Crippen LogP contribution >= 0.6 is 24.0 Å². The number of likely N-dealkylation sites (tertiary alicyclic amines) is 1. The van der Waals surface area contributed by atoms with Crippen molar-refractivity contribution in [3.8, 4) is 5.75 Å². The number of carbonyl (C=O) groups excluding carboxylic acids is 2. The minimum absolute atomic E-state index is 0. The van der Waals surface area contributed by atoms with Gasteiger partial charge in [-0.1, -0.05) is 11.6 Å². The van der Waals surface area contributed by atoms with Crippen LogP contribution in [0.4, 0.5) is 10.5 Å². The third kappa shape index (κ3) is 7.57. The molecule has 0 atom stereocenters. The summed E-state index contributed by atoms with van der Waals surface area (Å²) in [6.07, 6.45) is 3.46. The van der Waals surface area contributed by atoms with Crippen LogP contribution in [0.2, 0.25) is 5.02 Å². The zero-order chi connectivity index (χ0) is 20.7. The number of anilines is 1. The molecule has 3 N–H and O–H groups in total. The molecule has 0 saturated carbocycles. The number of nitrogens with two attached hydrogens (primary N) is 1. The van der Waals surface area contributed by atoms with E-state index in [1.54, 1.807) is 26.2 Å². The molecule has 29 heavy (non-hydrogen) atoms. The van der Waals surface area contributed by atoms with E-state index in [0.717, 1.165) is 38.9 Å². The van der Waals surface area contributed by atoms with Crippen molar-refractivity contribution < 1.29 is 14.3 Å². The number of ketones is 1. The fourth-order valence-electron chi connectivity index (χ4n) is 3.40. The number of hydrogen-bond donors (Lipinski definition) is 2. The average molecular weight is 447 g/mol. The van der Waals surface area contributed by atoms with Crippen LogP contribution in [-0.4, -0.2) is 69.0 Å². The zero-order valence-electron chi connectivity index (χ0n) is 17.4. The van der Waals surface area contributed by atoms with E-state index < -0.39 is 0 Å². The van der Waals surface area contributed by atoms with E-state index in [1.807, 2.05) is 0 Å². The first-order valence-electron chi connectivity index (χ1n) is 9.65. The highest BCUT2D eigenvalue weighted by Gasteiger charge is 2.21. The van der Waals surface area contributed by atoms with Gasteiger partial charge in [-0.15, -0.1) is 12.4 Å². The van der Waals surface area contributed by atoms with Gasteiger partial charge < -0.3 is 25.6 Å². The summed E-state index contributed by atoms with van der Waals surface area (Å²) in [6, 6.07) is 3.14. The Bertz CT molecular complexity index is 693. The Morgan fingerprint density at radius 1 is 1.31 bits per heavy atom. The van der Waals surface area contributed by atoms with Crippen LogP contribution in [-0.2, 0) is 0 Å². The molecular weight excluding hydrogens is 415 g/mol. The van der Waals surface area contributed by atoms with Crippen LogP contribution in [0.25, 0.3) is 0 Å². The molecule has 1 aromatic rings. The number of nitrogens with zero attached hydrogens (tertiary/aromatic N) is 2. The Balaban J connectivity index is 0.00000420. The zero-order valence-corrected chi connectivity index (χ0v) is 18.9. The molecule has 1 saturated heterocycles. The molecule has 1 heterocycles. The number of urea groups is 1. The van der Waals surface area contributed by atoms with Gasteiger partial charge in [-0.2, -0.15) is 0 Å². The smallest absolute Gasteiger partial charge is 0.316 e. The maximum absolute atomic E-state index is 12.6. The largest absolute Gasteiger partial charge is 0.496 e. The number of nitrogen functional groups attached to an aromatic ring is 1. The second kappa shape index (κ2) is 12.1. The number of benzene rings is 1. The number of nitrogens with one attached hydrogen (secondary N) is 1. The van der Waals surface area contributed by atoms with E-state index in [4.69, 9.17) is 22.1 Å². The van der Waals surface area contributed by atoms with Gasteiger partial charge in [-0.05, 0) is 44.3 Å². The summed E-state index contributed by atoms with van der Waals surface area (Å²) in [7, 11) is 4.99. The van der Waals surface area contributed by atoms with Crippen molar-refractivity contribution in [3.05, 3.63) is 22.7 Å². The second-order valence-electron chi connectivity index (χ2n) is 7.45. The molecule has 0 aliphatic carbocycles. The Hall–Kier alpha value is -1.70. The number of ether oxygens (including phenoxy) is 1. The highest BCUT2D eigenvalue weighted by atomic mass is 35.5. The van der Waals surface area contributed by atoms with Gasteiger partial charge in [-0.25, -0.2) is 4.79 Å². The van der Waals surface area contributed by atoms with Gasteiger partial charge >= 0.3 is 6.03 Å². The van der Waals surface area contributed by atoms with Crippen LogP contribution in [0.3, 0.4) is 0 Å². The third-order valence-electron chi connectivity index (χ3n) is 5.22. The van der Waals surface area contributed by atoms with Gasteiger partial charge in [-0.3, -0.25) is 4.79 Å². The predicted octanol–water partition coefficient (Wildman–Crippen LogP) is 3.30. The Morgan fingerprint density at radius 2 is 1.97 bits per heavy atom. The fraction of sp³-hybridized carbons (Fsp3) is 0.600. The number of methoxy groups -OCH3 is 1. The lowest BCUT2D eigenvalue weighted by Gasteiger charge is -2.32. The lowest BCUT2D eigenvalue weighted by atomic mass is 9.90. The van der Waals surface area contributed by atoms with Crippen LogP contribution in [0.5, 0.6) is 5.75 Å². The number of Topliss-reactive ketones (excluding diaryl/α,β-unsaturated/α-hetero) is 1.